The highest BCUT2D eigenvalue weighted by Gasteiger charge is 2.27. The van der Waals surface area contributed by atoms with Crippen molar-refractivity contribution in [3.63, 3.8) is 0 Å². The fourth-order valence-electron chi connectivity index (χ4n) is 4.37. The Kier molecular flexibility index (Phi) is 5.34. The molecule has 1 aromatic rings. The summed E-state index contributed by atoms with van der Waals surface area (Å²) in [6.07, 6.45) is 4.96. The predicted molar refractivity (Wildman–Crippen MR) is 101 cm³/mol. The van der Waals surface area contributed by atoms with Crippen LogP contribution in [0.4, 0.5) is 0 Å². The summed E-state index contributed by atoms with van der Waals surface area (Å²) in [4.78, 5) is 17.6. The van der Waals surface area contributed by atoms with Crippen LogP contribution >= 0.6 is 0 Å². The van der Waals surface area contributed by atoms with Gasteiger partial charge >= 0.3 is 0 Å². The highest BCUT2D eigenvalue weighted by atomic mass is 16.6. The van der Waals surface area contributed by atoms with Gasteiger partial charge in [-0.15, -0.1) is 0 Å². The van der Waals surface area contributed by atoms with E-state index in [4.69, 9.17) is 9.47 Å². The fourth-order valence-corrected chi connectivity index (χ4v) is 4.37. The van der Waals surface area contributed by atoms with Gasteiger partial charge in [0.1, 0.15) is 13.2 Å². The van der Waals surface area contributed by atoms with Crippen LogP contribution in [0.5, 0.6) is 11.5 Å². The molecule has 0 bridgehead atoms. The maximum absolute atomic E-state index is 13.0. The van der Waals surface area contributed by atoms with Gasteiger partial charge in [-0.1, -0.05) is 6.92 Å². The van der Waals surface area contributed by atoms with Crippen LogP contribution in [0.25, 0.3) is 0 Å². The third kappa shape index (κ3) is 3.98. The van der Waals surface area contributed by atoms with E-state index in [1.165, 1.54) is 32.4 Å². The minimum Gasteiger partial charge on any atom is -0.486 e. The molecule has 0 aliphatic carbocycles. The van der Waals surface area contributed by atoms with E-state index in [2.05, 4.69) is 11.8 Å². The molecule has 3 aliphatic rings. The van der Waals surface area contributed by atoms with Gasteiger partial charge in [-0.05, 0) is 68.8 Å². The number of likely N-dealkylation sites (tertiary alicyclic amines) is 2. The zero-order valence-corrected chi connectivity index (χ0v) is 15.8. The summed E-state index contributed by atoms with van der Waals surface area (Å²) in [5.74, 6) is 3.02. The third-order valence-electron chi connectivity index (χ3n) is 5.99. The number of nitrogens with zero attached hydrogens (tertiary/aromatic N) is 2. The van der Waals surface area contributed by atoms with Crippen LogP contribution in [0, 0.1) is 11.8 Å². The molecule has 26 heavy (non-hydrogen) atoms. The lowest BCUT2D eigenvalue weighted by Crippen LogP contribution is -2.45. The van der Waals surface area contributed by atoms with Crippen LogP contribution in [0.15, 0.2) is 18.2 Å². The molecular weight excluding hydrogens is 328 g/mol. The lowest BCUT2D eigenvalue weighted by Gasteiger charge is -2.38. The Morgan fingerprint density at radius 3 is 2.65 bits per heavy atom. The molecule has 3 aliphatic heterocycles. The molecule has 2 fully saturated rings. The van der Waals surface area contributed by atoms with Gasteiger partial charge in [-0.2, -0.15) is 0 Å². The molecular formula is C21H30N2O3. The molecule has 0 aromatic heterocycles. The van der Waals surface area contributed by atoms with Crippen molar-refractivity contribution >= 4 is 5.91 Å². The molecule has 5 heteroatoms. The average molecular weight is 358 g/mol. The van der Waals surface area contributed by atoms with E-state index >= 15 is 0 Å². The second-order valence-electron chi connectivity index (χ2n) is 8.10. The molecule has 4 rings (SSSR count). The Bertz CT molecular complexity index is 640. The summed E-state index contributed by atoms with van der Waals surface area (Å²) in [6.45, 7) is 8.78. The Balaban J connectivity index is 1.37. The summed E-state index contributed by atoms with van der Waals surface area (Å²) in [5, 5.41) is 0. The van der Waals surface area contributed by atoms with E-state index in [0.29, 0.717) is 30.4 Å². The maximum Gasteiger partial charge on any atom is 0.254 e. The van der Waals surface area contributed by atoms with Crippen molar-refractivity contribution in [2.45, 2.75) is 32.6 Å². The van der Waals surface area contributed by atoms with Crippen molar-refractivity contribution in [1.29, 1.82) is 0 Å². The smallest absolute Gasteiger partial charge is 0.254 e. The van der Waals surface area contributed by atoms with Crippen molar-refractivity contribution < 1.29 is 14.3 Å². The van der Waals surface area contributed by atoms with Gasteiger partial charge in [0.2, 0.25) is 0 Å². The molecule has 5 nitrogen and oxygen atoms in total. The number of carbonyl (C=O) groups is 1. The minimum absolute atomic E-state index is 0.124. The third-order valence-corrected chi connectivity index (χ3v) is 5.99. The summed E-state index contributed by atoms with van der Waals surface area (Å²) < 4.78 is 11.2. The van der Waals surface area contributed by atoms with Crippen molar-refractivity contribution in [3.8, 4) is 11.5 Å². The molecule has 2 saturated heterocycles. The molecule has 1 aromatic carbocycles. The number of carbonyl (C=O) groups excluding carboxylic acids is 1. The predicted octanol–water partition coefficient (Wildman–Crippen LogP) is 3.04. The lowest BCUT2D eigenvalue weighted by atomic mass is 9.94. The fraction of sp³-hybridized carbons (Fsp3) is 0.667. The van der Waals surface area contributed by atoms with E-state index in [1.54, 1.807) is 0 Å². The molecule has 142 valence electrons. The van der Waals surface area contributed by atoms with Gasteiger partial charge in [0.25, 0.3) is 5.91 Å². The summed E-state index contributed by atoms with van der Waals surface area (Å²) in [6, 6.07) is 5.57. The van der Waals surface area contributed by atoms with E-state index in [-0.39, 0.29) is 5.91 Å². The number of benzene rings is 1. The van der Waals surface area contributed by atoms with Crippen molar-refractivity contribution in [3.05, 3.63) is 23.8 Å². The van der Waals surface area contributed by atoms with E-state index < -0.39 is 0 Å². The van der Waals surface area contributed by atoms with Crippen molar-refractivity contribution in [1.82, 2.24) is 9.80 Å². The first-order valence-electron chi connectivity index (χ1n) is 10.1. The van der Waals surface area contributed by atoms with Crippen molar-refractivity contribution in [2.24, 2.45) is 11.8 Å². The maximum atomic E-state index is 13.0. The first-order chi connectivity index (χ1) is 12.7. The quantitative estimate of drug-likeness (QED) is 0.833. The van der Waals surface area contributed by atoms with Gasteiger partial charge in [-0.25, -0.2) is 0 Å². The van der Waals surface area contributed by atoms with Crippen LogP contribution in [0.2, 0.25) is 0 Å². The molecule has 1 amide bonds. The molecule has 0 radical (unpaired) electrons. The standard InChI is InChI=1S/C21H30N2O3/c1-16-6-9-22(10-7-16)14-17-3-2-8-23(15-17)21(24)18-4-5-19-20(13-18)26-12-11-25-19/h4-5,13,16-17H,2-3,6-12,14-15H2,1H3/t17-/m0/s1. The molecule has 0 saturated carbocycles. The number of ether oxygens (including phenoxy) is 2. The van der Waals surface area contributed by atoms with Gasteiger partial charge in [-0.3, -0.25) is 4.79 Å². The lowest BCUT2D eigenvalue weighted by molar-refractivity contribution is 0.0621. The molecule has 3 heterocycles. The topological polar surface area (TPSA) is 42.0 Å². The number of amides is 1. The first kappa shape index (κ1) is 17.7. The SMILES string of the molecule is CC1CCN(C[C@@H]2CCCN(C(=O)c3ccc4c(c3)OCCO4)C2)CC1. The highest BCUT2D eigenvalue weighted by molar-refractivity contribution is 5.95. The normalized spacial score (nSPS) is 24.5. The number of hydrogen-bond acceptors (Lipinski definition) is 4. The first-order valence-corrected chi connectivity index (χ1v) is 10.1. The monoisotopic (exact) mass is 358 g/mol. The average Bonchev–Trinajstić information content (AvgIpc) is 2.69. The second-order valence-corrected chi connectivity index (χ2v) is 8.10. The number of fused-ring (bicyclic) bond motifs is 1. The van der Waals surface area contributed by atoms with Crippen LogP contribution in [-0.2, 0) is 0 Å². The minimum atomic E-state index is 0.124. The number of rotatable bonds is 3. The van der Waals surface area contributed by atoms with Gasteiger partial charge in [0.15, 0.2) is 11.5 Å². The van der Waals surface area contributed by atoms with Gasteiger partial charge in [0.05, 0.1) is 0 Å². The van der Waals surface area contributed by atoms with E-state index in [1.807, 2.05) is 23.1 Å². The number of piperidine rings is 2. The van der Waals surface area contributed by atoms with Gasteiger partial charge < -0.3 is 19.3 Å². The highest BCUT2D eigenvalue weighted by Crippen LogP contribution is 2.31. The van der Waals surface area contributed by atoms with E-state index in [9.17, 15) is 4.79 Å². The Labute approximate surface area is 156 Å². The zero-order valence-electron chi connectivity index (χ0n) is 15.8. The largest absolute Gasteiger partial charge is 0.486 e. The number of hydrogen-bond donors (Lipinski definition) is 0. The van der Waals surface area contributed by atoms with E-state index in [0.717, 1.165) is 37.7 Å². The zero-order chi connectivity index (χ0) is 17.9. The molecule has 1 atom stereocenters. The summed E-state index contributed by atoms with van der Waals surface area (Å²) in [5.41, 5.74) is 0.710. The second kappa shape index (κ2) is 7.87. The molecule has 0 spiro atoms. The molecule has 0 unspecified atom stereocenters. The van der Waals surface area contributed by atoms with Crippen molar-refractivity contribution in [2.75, 3.05) is 45.9 Å². The van der Waals surface area contributed by atoms with Crippen LogP contribution in [-0.4, -0.2) is 61.6 Å². The van der Waals surface area contributed by atoms with Crippen LogP contribution in [0.3, 0.4) is 0 Å². The van der Waals surface area contributed by atoms with Gasteiger partial charge in [0, 0.05) is 25.2 Å². The van der Waals surface area contributed by atoms with Crippen LogP contribution in [0.1, 0.15) is 43.0 Å². The Hall–Kier alpha value is -1.75. The Morgan fingerprint density at radius 1 is 1.08 bits per heavy atom. The van der Waals surface area contributed by atoms with Crippen LogP contribution < -0.4 is 9.47 Å². The Morgan fingerprint density at radius 2 is 1.85 bits per heavy atom. The summed E-state index contributed by atoms with van der Waals surface area (Å²) >= 11 is 0. The summed E-state index contributed by atoms with van der Waals surface area (Å²) in [7, 11) is 0. The molecule has 0 N–H and O–H groups in total.